The number of nitrogens with zero attached hydrogens (tertiary/aromatic N) is 2. The highest BCUT2D eigenvalue weighted by Gasteiger charge is 2.42. The predicted molar refractivity (Wildman–Crippen MR) is 113 cm³/mol. The third-order valence-corrected chi connectivity index (χ3v) is 6.53. The lowest BCUT2D eigenvalue weighted by Crippen LogP contribution is -2.42. The minimum atomic E-state index is -0.449. The van der Waals surface area contributed by atoms with Gasteiger partial charge in [-0.1, -0.05) is 54.2 Å². The Balaban J connectivity index is 1.69. The van der Waals surface area contributed by atoms with Crippen molar-refractivity contribution in [2.24, 2.45) is 4.99 Å². The lowest BCUT2D eigenvalue weighted by Gasteiger charge is -2.30. The van der Waals surface area contributed by atoms with Crippen molar-refractivity contribution in [1.29, 1.82) is 0 Å². The van der Waals surface area contributed by atoms with Gasteiger partial charge in [0.05, 0.1) is 10.7 Å². The molecule has 146 valence electrons. The van der Waals surface area contributed by atoms with Crippen molar-refractivity contribution in [3.63, 3.8) is 0 Å². The molecule has 8 heteroatoms. The molecular formula is C19H23Cl2N3O2S. The first-order chi connectivity index (χ1) is 13.0. The topological polar surface area (TPSA) is 61.8 Å². The minimum absolute atomic E-state index is 0.00792. The smallest absolute Gasteiger partial charge is 0.242 e. The Hall–Kier alpha value is -1.24. The maximum atomic E-state index is 13.0. The number of hydrogen-bond donors (Lipinski definition) is 1. The summed E-state index contributed by atoms with van der Waals surface area (Å²) in [5.41, 5.74) is 0.455. The maximum absolute atomic E-state index is 13.0. The third kappa shape index (κ3) is 4.98. The molecule has 1 saturated carbocycles. The fourth-order valence-corrected chi connectivity index (χ4v) is 5.10. The number of benzene rings is 1. The van der Waals surface area contributed by atoms with E-state index in [0.717, 1.165) is 30.9 Å². The molecule has 0 aromatic heterocycles. The molecule has 2 fully saturated rings. The molecule has 1 unspecified atom stereocenters. The first-order valence-corrected chi connectivity index (χ1v) is 10.9. The third-order valence-electron chi connectivity index (χ3n) is 4.77. The maximum Gasteiger partial charge on any atom is 0.242 e. The first kappa shape index (κ1) is 20.5. The van der Waals surface area contributed by atoms with Crippen molar-refractivity contribution >= 4 is 57.6 Å². The van der Waals surface area contributed by atoms with Gasteiger partial charge in [-0.05, 0) is 38.0 Å². The number of anilines is 1. The van der Waals surface area contributed by atoms with Crippen molar-refractivity contribution in [1.82, 2.24) is 4.90 Å². The molecule has 5 nitrogen and oxygen atoms in total. The summed E-state index contributed by atoms with van der Waals surface area (Å²) in [6.45, 7) is 2.58. The molecule has 3 rings (SSSR count). The summed E-state index contributed by atoms with van der Waals surface area (Å²) in [5, 5.41) is 3.97. The average molecular weight is 428 g/mol. The molecule has 0 bridgehead atoms. The summed E-state index contributed by atoms with van der Waals surface area (Å²) >= 11 is 13.5. The second-order valence-electron chi connectivity index (χ2n) is 6.74. The second kappa shape index (κ2) is 9.30. The highest BCUT2D eigenvalue weighted by atomic mass is 35.5. The van der Waals surface area contributed by atoms with Crippen LogP contribution in [0.1, 0.15) is 45.4 Å². The van der Waals surface area contributed by atoms with E-state index in [1.165, 1.54) is 18.2 Å². The van der Waals surface area contributed by atoms with Crippen molar-refractivity contribution in [2.45, 2.75) is 56.7 Å². The number of thioether (sulfide) groups is 1. The number of carbonyl (C=O) groups excluding carboxylic acids is 2. The van der Waals surface area contributed by atoms with Gasteiger partial charge in [-0.15, -0.1) is 0 Å². The zero-order chi connectivity index (χ0) is 19.4. The van der Waals surface area contributed by atoms with Crippen molar-refractivity contribution in [3.05, 3.63) is 28.2 Å². The molecular weight excluding hydrogens is 405 g/mol. The molecule has 1 aliphatic carbocycles. The van der Waals surface area contributed by atoms with Crippen LogP contribution in [-0.2, 0) is 9.59 Å². The molecule has 0 radical (unpaired) electrons. The molecule has 1 saturated heterocycles. The van der Waals surface area contributed by atoms with Gasteiger partial charge in [0.15, 0.2) is 5.17 Å². The largest absolute Gasteiger partial charge is 0.325 e. The van der Waals surface area contributed by atoms with Crippen molar-refractivity contribution in [3.8, 4) is 0 Å². The molecule has 27 heavy (non-hydrogen) atoms. The van der Waals surface area contributed by atoms with Crippen LogP contribution in [0.25, 0.3) is 0 Å². The van der Waals surface area contributed by atoms with Gasteiger partial charge < -0.3 is 5.32 Å². The zero-order valence-corrected chi connectivity index (χ0v) is 17.5. The van der Waals surface area contributed by atoms with Crippen LogP contribution in [0, 0.1) is 0 Å². The van der Waals surface area contributed by atoms with Crippen molar-refractivity contribution < 1.29 is 9.59 Å². The molecule has 1 heterocycles. The Morgan fingerprint density at radius 1 is 1.30 bits per heavy atom. The average Bonchev–Trinajstić information content (AvgIpc) is 2.94. The molecule has 1 aromatic carbocycles. The normalized spacial score (nSPS) is 22.5. The van der Waals surface area contributed by atoms with E-state index < -0.39 is 5.25 Å². The molecule has 0 spiro atoms. The standard InChI is InChI=1S/C19H23Cl2N3O2S/c1-2-22-19-24(13-6-4-3-5-7-13)18(26)16(27-19)11-17(25)23-15-10-12(20)8-9-14(15)21/h8-10,13,16H,2-7,11H2,1H3,(H,23,25). The second-order valence-corrected chi connectivity index (χ2v) is 8.75. The summed E-state index contributed by atoms with van der Waals surface area (Å²) in [5.74, 6) is -0.266. The Morgan fingerprint density at radius 2 is 2.04 bits per heavy atom. The highest BCUT2D eigenvalue weighted by molar-refractivity contribution is 8.15. The highest BCUT2D eigenvalue weighted by Crippen LogP contribution is 2.35. The fraction of sp³-hybridized carbons (Fsp3) is 0.526. The number of nitrogens with one attached hydrogen (secondary N) is 1. The van der Waals surface area contributed by atoms with E-state index in [1.54, 1.807) is 18.2 Å². The van der Waals surface area contributed by atoms with Gasteiger partial charge in [0.2, 0.25) is 11.8 Å². The van der Waals surface area contributed by atoms with Crippen LogP contribution in [0.2, 0.25) is 10.0 Å². The number of halogens is 2. The van der Waals surface area contributed by atoms with Gasteiger partial charge in [0.25, 0.3) is 0 Å². The number of hydrogen-bond acceptors (Lipinski definition) is 4. The lowest BCUT2D eigenvalue weighted by molar-refractivity contribution is -0.130. The van der Waals surface area contributed by atoms with Gasteiger partial charge in [-0.25, -0.2) is 0 Å². The number of aliphatic imine (C=N–C) groups is 1. The van der Waals surface area contributed by atoms with Crippen LogP contribution in [0.3, 0.4) is 0 Å². The molecule has 1 aliphatic heterocycles. The predicted octanol–water partition coefficient (Wildman–Crippen LogP) is 4.97. The number of carbonyl (C=O) groups is 2. The molecule has 1 atom stereocenters. The Bertz CT molecular complexity index is 750. The lowest BCUT2D eigenvalue weighted by atomic mass is 9.94. The van der Waals surface area contributed by atoms with Gasteiger partial charge in [0.1, 0.15) is 5.25 Å². The van der Waals surface area contributed by atoms with E-state index in [0.29, 0.717) is 22.3 Å². The number of amidine groups is 1. The zero-order valence-electron chi connectivity index (χ0n) is 15.2. The van der Waals surface area contributed by atoms with Gasteiger partial charge >= 0.3 is 0 Å². The first-order valence-electron chi connectivity index (χ1n) is 9.28. The molecule has 2 amide bonds. The quantitative estimate of drug-likeness (QED) is 0.720. The van der Waals surface area contributed by atoms with Crippen LogP contribution in [0.4, 0.5) is 5.69 Å². The molecule has 1 N–H and O–H groups in total. The van der Waals surface area contributed by atoms with Crippen LogP contribution >= 0.6 is 35.0 Å². The Labute approximate surface area is 173 Å². The van der Waals surface area contributed by atoms with E-state index in [9.17, 15) is 9.59 Å². The Morgan fingerprint density at radius 3 is 2.74 bits per heavy atom. The van der Waals surface area contributed by atoms with E-state index in [4.69, 9.17) is 23.2 Å². The summed E-state index contributed by atoms with van der Waals surface area (Å²) in [6, 6.07) is 5.10. The SMILES string of the molecule is CCN=C1SC(CC(=O)Nc2cc(Cl)ccc2Cl)C(=O)N1C1CCCCC1. The number of amides is 2. The minimum Gasteiger partial charge on any atom is -0.325 e. The van der Waals surface area contributed by atoms with Crippen LogP contribution in [-0.4, -0.2) is 39.7 Å². The van der Waals surface area contributed by atoms with Gasteiger partial charge in [-0.3, -0.25) is 19.5 Å². The summed E-state index contributed by atoms with van der Waals surface area (Å²) in [6.07, 6.45) is 5.59. The molecule has 1 aromatic rings. The van der Waals surface area contributed by atoms with E-state index in [1.807, 2.05) is 11.8 Å². The van der Waals surface area contributed by atoms with Crippen molar-refractivity contribution in [2.75, 3.05) is 11.9 Å². The van der Waals surface area contributed by atoms with E-state index in [-0.39, 0.29) is 24.3 Å². The van der Waals surface area contributed by atoms with Crippen LogP contribution in [0.5, 0.6) is 0 Å². The fourth-order valence-electron chi connectivity index (χ4n) is 3.50. The van der Waals surface area contributed by atoms with E-state index in [2.05, 4.69) is 10.3 Å². The summed E-state index contributed by atoms with van der Waals surface area (Å²) < 4.78 is 0. The molecule has 2 aliphatic rings. The van der Waals surface area contributed by atoms with Gasteiger partial charge in [0, 0.05) is 24.0 Å². The van der Waals surface area contributed by atoms with E-state index >= 15 is 0 Å². The van der Waals surface area contributed by atoms with Gasteiger partial charge in [-0.2, -0.15) is 0 Å². The van der Waals surface area contributed by atoms with Crippen LogP contribution in [0.15, 0.2) is 23.2 Å². The Kier molecular flexibility index (Phi) is 7.06. The monoisotopic (exact) mass is 427 g/mol. The van der Waals surface area contributed by atoms with Crippen LogP contribution < -0.4 is 5.32 Å². The summed E-state index contributed by atoms with van der Waals surface area (Å²) in [7, 11) is 0. The summed E-state index contributed by atoms with van der Waals surface area (Å²) in [4.78, 5) is 31.8. The number of rotatable bonds is 5.